The number of nitrogens with one attached hydrogen (secondary N) is 2. The predicted octanol–water partition coefficient (Wildman–Crippen LogP) is 4.68. The smallest absolute Gasteiger partial charge is 0.341 e. The van der Waals surface area contributed by atoms with E-state index in [9.17, 15) is 9.59 Å². The van der Waals surface area contributed by atoms with Crippen molar-refractivity contribution in [3.8, 4) is 0 Å². The molecule has 0 unspecified atom stereocenters. The third-order valence-corrected chi connectivity index (χ3v) is 5.78. The van der Waals surface area contributed by atoms with E-state index in [1.807, 2.05) is 13.8 Å². The summed E-state index contributed by atoms with van der Waals surface area (Å²) >= 11 is 19.6. The minimum Gasteiger partial charge on any atom is -0.462 e. The van der Waals surface area contributed by atoms with Gasteiger partial charge in [-0.05, 0) is 37.7 Å². The number of ether oxygens (including phenoxy) is 1. The van der Waals surface area contributed by atoms with E-state index in [1.165, 1.54) is 11.3 Å². The highest BCUT2D eigenvalue weighted by Gasteiger charge is 2.37. The summed E-state index contributed by atoms with van der Waals surface area (Å²) < 4.78 is 3.41. The lowest BCUT2D eigenvalue weighted by Gasteiger charge is -2.27. The van der Waals surface area contributed by atoms with Crippen molar-refractivity contribution in [2.24, 2.45) is 5.92 Å². The van der Waals surface area contributed by atoms with Gasteiger partial charge < -0.3 is 15.4 Å². The van der Waals surface area contributed by atoms with Crippen molar-refractivity contribution >= 4 is 63.0 Å². The molecular weight excluding hydrogens is 419 g/mol. The quantitative estimate of drug-likeness (QED) is 0.366. The summed E-state index contributed by atoms with van der Waals surface area (Å²) in [7, 11) is 0. The largest absolute Gasteiger partial charge is 0.462 e. The fraction of sp³-hybridized carbons (Fsp3) is 0.647. The third-order valence-electron chi connectivity index (χ3n) is 3.90. The Morgan fingerprint density at radius 2 is 1.96 bits per heavy atom. The van der Waals surface area contributed by atoms with Crippen LogP contribution in [0.15, 0.2) is 0 Å². The van der Waals surface area contributed by atoms with Crippen LogP contribution in [0.4, 0.5) is 5.00 Å². The van der Waals surface area contributed by atoms with Crippen molar-refractivity contribution in [2.45, 2.75) is 56.4 Å². The first kappa shape index (κ1) is 21.6. The van der Waals surface area contributed by atoms with Crippen LogP contribution < -0.4 is 10.6 Å². The second-order valence-corrected chi connectivity index (χ2v) is 10.0. The van der Waals surface area contributed by atoms with E-state index in [-0.39, 0.29) is 18.4 Å². The Labute approximate surface area is 172 Å². The highest BCUT2D eigenvalue weighted by molar-refractivity contribution is 7.16. The van der Waals surface area contributed by atoms with Gasteiger partial charge in [0.05, 0.1) is 12.2 Å². The maximum absolute atomic E-state index is 12.4. The highest BCUT2D eigenvalue weighted by Crippen LogP contribution is 2.41. The van der Waals surface area contributed by atoms with Gasteiger partial charge in [0.2, 0.25) is 9.70 Å². The molecule has 5 nitrogen and oxygen atoms in total. The van der Waals surface area contributed by atoms with Gasteiger partial charge in [0, 0.05) is 11.3 Å². The Morgan fingerprint density at radius 1 is 1.27 bits per heavy atom. The monoisotopic (exact) mass is 440 g/mol. The van der Waals surface area contributed by atoms with E-state index < -0.39 is 15.9 Å². The molecule has 1 heterocycles. The number of hydrogen-bond acceptors (Lipinski definition) is 5. The average molecular weight is 442 g/mol. The second-order valence-electron chi connectivity index (χ2n) is 6.57. The Kier molecular flexibility index (Phi) is 7.48. The number of aryl methyl sites for hydroxylation is 1. The van der Waals surface area contributed by atoms with E-state index in [2.05, 4.69) is 10.6 Å². The molecule has 1 aromatic rings. The van der Waals surface area contributed by atoms with E-state index in [4.69, 9.17) is 39.5 Å². The molecular formula is C17H23Cl3N2O3S. The number of fused-ring (bicyclic) bond motifs is 1. The van der Waals surface area contributed by atoms with Crippen LogP contribution in [0.5, 0.6) is 0 Å². The fourth-order valence-electron chi connectivity index (χ4n) is 2.85. The van der Waals surface area contributed by atoms with Crippen LogP contribution in [-0.2, 0) is 22.4 Å². The van der Waals surface area contributed by atoms with Gasteiger partial charge in [-0.15, -0.1) is 11.3 Å². The Morgan fingerprint density at radius 3 is 2.54 bits per heavy atom. The molecule has 0 saturated heterocycles. The first-order valence-electron chi connectivity index (χ1n) is 8.57. The summed E-state index contributed by atoms with van der Waals surface area (Å²) in [5.74, 6) is -0.455. The van der Waals surface area contributed by atoms with Gasteiger partial charge in [-0.3, -0.25) is 4.79 Å². The molecule has 1 amide bonds. The zero-order chi connectivity index (χ0) is 19.5. The summed E-state index contributed by atoms with van der Waals surface area (Å²) in [6, 6.07) is 0. The van der Waals surface area contributed by atoms with Crippen LogP contribution in [0.2, 0.25) is 0 Å². The molecule has 0 fully saturated rings. The minimum atomic E-state index is -1.78. The van der Waals surface area contributed by atoms with Crippen LogP contribution >= 0.6 is 46.1 Å². The molecule has 26 heavy (non-hydrogen) atoms. The van der Waals surface area contributed by atoms with Crippen LogP contribution in [0, 0.1) is 5.92 Å². The number of carbonyl (C=O) groups excluding carboxylic acids is 2. The summed E-state index contributed by atoms with van der Waals surface area (Å²) in [5, 5.41) is 6.32. The molecule has 9 heteroatoms. The normalized spacial score (nSPS) is 14.9. The Hall–Kier alpha value is -0.690. The highest BCUT2D eigenvalue weighted by atomic mass is 35.6. The van der Waals surface area contributed by atoms with Crippen molar-refractivity contribution in [3.05, 3.63) is 16.0 Å². The molecule has 0 bridgehead atoms. The molecule has 0 aromatic carbocycles. The average Bonchev–Trinajstić information content (AvgIpc) is 3.05. The Balaban J connectivity index is 2.28. The molecule has 2 N–H and O–H groups in total. The van der Waals surface area contributed by atoms with E-state index in [0.717, 1.165) is 29.7 Å². The molecule has 0 aliphatic heterocycles. The summed E-state index contributed by atoms with van der Waals surface area (Å²) in [6.45, 7) is 5.90. The molecule has 146 valence electrons. The molecule has 0 radical (unpaired) electrons. The zero-order valence-electron chi connectivity index (χ0n) is 15.0. The number of rotatable bonds is 7. The molecule has 1 aliphatic carbocycles. The second kappa shape index (κ2) is 9.00. The first-order chi connectivity index (χ1) is 12.1. The molecule has 1 aliphatic rings. The minimum absolute atomic E-state index is 0.173. The number of anilines is 1. The van der Waals surface area contributed by atoms with Crippen molar-refractivity contribution in [1.82, 2.24) is 5.32 Å². The van der Waals surface area contributed by atoms with Crippen molar-refractivity contribution < 1.29 is 14.3 Å². The van der Waals surface area contributed by atoms with Gasteiger partial charge in [-0.1, -0.05) is 48.7 Å². The lowest BCUT2D eigenvalue weighted by molar-refractivity contribution is -0.122. The van der Waals surface area contributed by atoms with Gasteiger partial charge in [0.1, 0.15) is 11.2 Å². The number of carbonyl (C=O) groups is 2. The number of hydrogen-bond donors (Lipinski definition) is 2. The van der Waals surface area contributed by atoms with E-state index in [1.54, 1.807) is 6.92 Å². The molecule has 1 atom stereocenters. The third kappa shape index (κ3) is 5.41. The number of esters is 1. The van der Waals surface area contributed by atoms with Gasteiger partial charge in [0.25, 0.3) is 0 Å². The number of halogens is 3. The SMILES string of the molecule is CCOC(=O)c1c(N[C@H](NC(=O)CC(C)C)C(Cl)(Cl)Cl)sc2c1CCC2. The maximum Gasteiger partial charge on any atom is 0.341 e. The topological polar surface area (TPSA) is 67.4 Å². The first-order valence-corrected chi connectivity index (χ1v) is 10.5. The predicted molar refractivity (Wildman–Crippen MR) is 108 cm³/mol. The van der Waals surface area contributed by atoms with Crippen LogP contribution in [0.25, 0.3) is 0 Å². The van der Waals surface area contributed by atoms with Crippen molar-refractivity contribution in [3.63, 3.8) is 0 Å². The molecule has 1 aromatic heterocycles. The van der Waals surface area contributed by atoms with Gasteiger partial charge in [-0.2, -0.15) is 0 Å². The standard InChI is InChI=1S/C17H23Cl3N2O3S/c1-4-25-15(24)13-10-6-5-7-11(10)26-14(13)22-16(17(18,19)20)21-12(23)8-9(2)3/h9,16,22H,4-8H2,1-3H3,(H,21,23)/t16-/m0/s1. The number of amides is 1. The molecule has 0 saturated carbocycles. The van der Waals surface area contributed by atoms with Crippen LogP contribution in [0.3, 0.4) is 0 Å². The lowest BCUT2D eigenvalue weighted by Crippen LogP contribution is -2.49. The van der Waals surface area contributed by atoms with Gasteiger partial charge in [0.15, 0.2) is 0 Å². The van der Waals surface area contributed by atoms with E-state index in [0.29, 0.717) is 17.0 Å². The lowest BCUT2D eigenvalue weighted by atomic mass is 10.1. The van der Waals surface area contributed by atoms with Crippen LogP contribution in [0.1, 0.15) is 54.4 Å². The van der Waals surface area contributed by atoms with Gasteiger partial charge in [-0.25, -0.2) is 4.79 Å². The zero-order valence-corrected chi connectivity index (χ0v) is 18.0. The summed E-state index contributed by atoms with van der Waals surface area (Å²) in [4.78, 5) is 25.7. The summed E-state index contributed by atoms with van der Waals surface area (Å²) in [6.07, 6.45) is 2.08. The van der Waals surface area contributed by atoms with Crippen LogP contribution in [-0.4, -0.2) is 28.4 Å². The fourth-order valence-corrected chi connectivity index (χ4v) is 4.48. The number of alkyl halides is 3. The maximum atomic E-state index is 12.4. The van der Waals surface area contributed by atoms with Crippen molar-refractivity contribution in [2.75, 3.05) is 11.9 Å². The molecule has 0 spiro atoms. The number of thiophene rings is 1. The van der Waals surface area contributed by atoms with Crippen molar-refractivity contribution in [1.29, 1.82) is 0 Å². The Bertz CT molecular complexity index is 671. The molecule has 2 rings (SSSR count). The summed E-state index contributed by atoms with van der Waals surface area (Å²) in [5.41, 5.74) is 1.48. The van der Waals surface area contributed by atoms with Gasteiger partial charge >= 0.3 is 5.97 Å². The van der Waals surface area contributed by atoms with E-state index >= 15 is 0 Å².